The van der Waals surface area contributed by atoms with Gasteiger partial charge in [-0.25, -0.2) is 4.79 Å². The Morgan fingerprint density at radius 2 is 1.76 bits per heavy atom. The molecule has 1 aromatic carbocycles. The summed E-state index contributed by atoms with van der Waals surface area (Å²) in [5, 5.41) is 1.96. The zero-order valence-corrected chi connectivity index (χ0v) is 11.6. The molecule has 1 rings (SSSR count). The second kappa shape index (κ2) is 7.10. The molecular formula is C14H16F3NO3. The van der Waals surface area contributed by atoms with Gasteiger partial charge < -0.3 is 10.1 Å². The first kappa shape index (κ1) is 17.0. The van der Waals surface area contributed by atoms with Crippen molar-refractivity contribution in [3.63, 3.8) is 0 Å². The van der Waals surface area contributed by atoms with Gasteiger partial charge >= 0.3 is 12.3 Å². The Balaban J connectivity index is 2.59. The molecule has 0 bridgehead atoms. The molecule has 1 aromatic rings. The summed E-state index contributed by atoms with van der Waals surface area (Å²) in [5.74, 6) is -2.70. The second-order valence-electron chi connectivity index (χ2n) is 4.79. The first-order chi connectivity index (χ1) is 9.71. The van der Waals surface area contributed by atoms with Crippen LogP contribution in [0.4, 0.5) is 18.0 Å². The highest BCUT2D eigenvalue weighted by Gasteiger charge is 2.45. The molecule has 21 heavy (non-hydrogen) atoms. The lowest BCUT2D eigenvalue weighted by Gasteiger charge is -2.21. The highest BCUT2D eigenvalue weighted by molar-refractivity contribution is 5.91. The van der Waals surface area contributed by atoms with Crippen molar-refractivity contribution < 1.29 is 27.5 Å². The van der Waals surface area contributed by atoms with Gasteiger partial charge in [0.2, 0.25) is 0 Å². The van der Waals surface area contributed by atoms with E-state index in [1.165, 1.54) is 13.8 Å². The third-order valence-corrected chi connectivity index (χ3v) is 2.71. The van der Waals surface area contributed by atoms with Crippen LogP contribution in [0.25, 0.3) is 0 Å². The number of amides is 1. The molecule has 1 N–H and O–H groups in total. The topological polar surface area (TPSA) is 55.4 Å². The van der Waals surface area contributed by atoms with E-state index in [9.17, 15) is 22.8 Å². The summed E-state index contributed by atoms with van der Waals surface area (Å²) in [6.07, 6.45) is -6.06. The summed E-state index contributed by atoms with van der Waals surface area (Å²) in [7, 11) is 0. The Kier molecular flexibility index (Phi) is 5.75. The number of nitrogens with one attached hydrogen (secondary N) is 1. The van der Waals surface area contributed by atoms with E-state index in [-0.39, 0.29) is 6.61 Å². The Morgan fingerprint density at radius 1 is 1.19 bits per heavy atom. The number of hydrogen-bond acceptors (Lipinski definition) is 3. The normalized spacial score (nSPS) is 12.9. The van der Waals surface area contributed by atoms with Gasteiger partial charge in [-0.2, -0.15) is 13.2 Å². The maximum Gasteiger partial charge on any atom is 0.452 e. The fourth-order valence-electron chi connectivity index (χ4n) is 1.60. The number of benzene rings is 1. The molecule has 0 aliphatic heterocycles. The minimum Gasteiger partial charge on any atom is -0.445 e. The van der Waals surface area contributed by atoms with Crippen LogP contribution < -0.4 is 5.32 Å². The van der Waals surface area contributed by atoms with Gasteiger partial charge in [0.25, 0.3) is 5.78 Å². The molecule has 0 aliphatic rings. The van der Waals surface area contributed by atoms with E-state index >= 15 is 0 Å². The molecule has 0 heterocycles. The van der Waals surface area contributed by atoms with Gasteiger partial charge in [-0.3, -0.25) is 4.79 Å². The van der Waals surface area contributed by atoms with Crippen molar-refractivity contribution in [2.24, 2.45) is 5.92 Å². The minimum atomic E-state index is -5.00. The zero-order chi connectivity index (χ0) is 16.0. The lowest BCUT2D eigenvalue weighted by Crippen LogP contribution is -2.49. The van der Waals surface area contributed by atoms with Gasteiger partial charge in [-0.1, -0.05) is 44.2 Å². The number of ether oxygens (including phenoxy) is 1. The first-order valence-corrected chi connectivity index (χ1v) is 6.30. The van der Waals surface area contributed by atoms with Gasteiger partial charge in [-0.05, 0) is 11.5 Å². The number of carbonyl (C=O) groups excluding carboxylic acids is 2. The van der Waals surface area contributed by atoms with E-state index in [1.807, 2.05) is 5.32 Å². The number of halogens is 3. The molecule has 1 unspecified atom stereocenters. The molecule has 4 nitrogen and oxygen atoms in total. The fourth-order valence-corrected chi connectivity index (χ4v) is 1.60. The highest BCUT2D eigenvalue weighted by atomic mass is 19.4. The molecule has 1 amide bonds. The monoisotopic (exact) mass is 303 g/mol. The van der Waals surface area contributed by atoms with Gasteiger partial charge in [0.1, 0.15) is 12.6 Å². The number of hydrogen-bond donors (Lipinski definition) is 1. The molecule has 0 saturated heterocycles. The zero-order valence-electron chi connectivity index (χ0n) is 11.6. The van der Waals surface area contributed by atoms with E-state index in [2.05, 4.69) is 0 Å². The summed E-state index contributed by atoms with van der Waals surface area (Å²) in [6, 6.07) is 7.00. The molecule has 7 heteroatoms. The first-order valence-electron chi connectivity index (χ1n) is 6.30. The van der Waals surface area contributed by atoms with E-state index in [4.69, 9.17) is 4.74 Å². The third-order valence-electron chi connectivity index (χ3n) is 2.71. The molecule has 1 atom stereocenters. The molecule has 0 fully saturated rings. The molecule has 0 saturated carbocycles. The maximum atomic E-state index is 12.4. The Labute approximate surface area is 120 Å². The lowest BCUT2D eigenvalue weighted by molar-refractivity contribution is -0.174. The number of rotatable bonds is 5. The van der Waals surface area contributed by atoms with Crippen molar-refractivity contribution in [1.82, 2.24) is 5.32 Å². The van der Waals surface area contributed by atoms with Crippen LogP contribution in [0.5, 0.6) is 0 Å². The van der Waals surface area contributed by atoms with Crippen molar-refractivity contribution in [3.05, 3.63) is 35.9 Å². The second-order valence-corrected chi connectivity index (χ2v) is 4.79. The summed E-state index contributed by atoms with van der Waals surface area (Å²) >= 11 is 0. The maximum absolute atomic E-state index is 12.4. The predicted molar refractivity (Wildman–Crippen MR) is 69.5 cm³/mol. The summed E-state index contributed by atoms with van der Waals surface area (Å²) in [6.45, 7) is 2.73. The third kappa shape index (κ3) is 5.45. The molecular weight excluding hydrogens is 287 g/mol. The van der Waals surface area contributed by atoms with Gasteiger partial charge in [0.15, 0.2) is 0 Å². The summed E-state index contributed by atoms with van der Waals surface area (Å²) in [4.78, 5) is 22.7. The minimum absolute atomic E-state index is 0.0856. The van der Waals surface area contributed by atoms with Crippen LogP contribution in [0.1, 0.15) is 19.4 Å². The fraction of sp³-hybridized carbons (Fsp3) is 0.429. The van der Waals surface area contributed by atoms with Crippen LogP contribution in [-0.2, 0) is 16.1 Å². The SMILES string of the molecule is CC(C)C(NC(=O)OCc1ccccc1)C(=O)C(F)(F)F. The van der Waals surface area contributed by atoms with Crippen LogP contribution in [0.2, 0.25) is 0 Å². The quantitative estimate of drug-likeness (QED) is 0.909. The van der Waals surface area contributed by atoms with Gasteiger partial charge in [-0.15, -0.1) is 0 Å². The van der Waals surface area contributed by atoms with Crippen LogP contribution in [0, 0.1) is 5.92 Å². The Hall–Kier alpha value is -2.05. The van der Waals surface area contributed by atoms with Crippen LogP contribution in [0.3, 0.4) is 0 Å². The van der Waals surface area contributed by atoms with Crippen molar-refractivity contribution in [2.75, 3.05) is 0 Å². The van der Waals surface area contributed by atoms with E-state index in [0.29, 0.717) is 5.56 Å². The average Bonchev–Trinajstić information content (AvgIpc) is 2.41. The van der Waals surface area contributed by atoms with Crippen LogP contribution in [-0.4, -0.2) is 24.1 Å². The molecule has 0 spiro atoms. The molecule has 0 radical (unpaired) electrons. The van der Waals surface area contributed by atoms with Crippen molar-refractivity contribution >= 4 is 11.9 Å². The van der Waals surface area contributed by atoms with Crippen molar-refractivity contribution in [2.45, 2.75) is 32.7 Å². The smallest absolute Gasteiger partial charge is 0.445 e. The number of carbonyl (C=O) groups is 2. The summed E-state index contributed by atoms with van der Waals surface area (Å²) < 4.78 is 42.1. The lowest BCUT2D eigenvalue weighted by atomic mass is 10.00. The Morgan fingerprint density at radius 3 is 2.24 bits per heavy atom. The number of alkyl carbamates (subject to hydrolysis) is 1. The summed E-state index contributed by atoms with van der Waals surface area (Å²) in [5.41, 5.74) is 0.691. The number of Topliss-reactive ketones (excluding diaryl/α,β-unsaturated/α-hetero) is 1. The molecule has 0 aliphatic carbocycles. The molecule has 116 valence electrons. The number of ketones is 1. The van der Waals surface area contributed by atoms with Crippen molar-refractivity contribution in [3.8, 4) is 0 Å². The largest absolute Gasteiger partial charge is 0.452 e. The Bertz CT molecular complexity index is 486. The van der Waals surface area contributed by atoms with E-state index in [0.717, 1.165) is 0 Å². The average molecular weight is 303 g/mol. The van der Waals surface area contributed by atoms with Crippen LogP contribution >= 0.6 is 0 Å². The highest BCUT2D eigenvalue weighted by Crippen LogP contribution is 2.21. The van der Waals surface area contributed by atoms with Crippen molar-refractivity contribution in [1.29, 1.82) is 0 Å². The molecule has 0 aromatic heterocycles. The van der Waals surface area contributed by atoms with Crippen LogP contribution in [0.15, 0.2) is 30.3 Å². The number of alkyl halides is 3. The van der Waals surface area contributed by atoms with Gasteiger partial charge in [0.05, 0.1) is 0 Å². The van der Waals surface area contributed by atoms with E-state index < -0.39 is 30.0 Å². The van der Waals surface area contributed by atoms with Gasteiger partial charge in [0, 0.05) is 0 Å². The van der Waals surface area contributed by atoms with E-state index in [1.54, 1.807) is 30.3 Å². The predicted octanol–water partition coefficient (Wildman–Crippen LogP) is 3.07. The standard InChI is InChI=1S/C14H16F3NO3/c1-9(2)11(12(19)14(15,16)17)18-13(20)21-8-10-6-4-3-5-7-10/h3-7,9,11H,8H2,1-2H3,(H,18,20).